The van der Waals surface area contributed by atoms with E-state index in [1.807, 2.05) is 30.5 Å². The van der Waals surface area contributed by atoms with Crippen molar-refractivity contribution in [3.8, 4) is 0 Å². The zero-order valence-electron chi connectivity index (χ0n) is 12.7. The molecule has 0 fully saturated rings. The molecular weight excluding hydrogens is 325 g/mol. The number of carbonyl (C=O) groups is 1. The van der Waals surface area contributed by atoms with Gasteiger partial charge in [-0.05, 0) is 36.2 Å². The van der Waals surface area contributed by atoms with Gasteiger partial charge < -0.3 is 10.3 Å². The van der Waals surface area contributed by atoms with Crippen molar-refractivity contribution < 1.29 is 9.18 Å². The highest BCUT2D eigenvalue weighted by atomic mass is 32.1. The summed E-state index contributed by atoms with van der Waals surface area (Å²) in [6, 6.07) is 12.4. The van der Waals surface area contributed by atoms with E-state index in [9.17, 15) is 9.18 Å². The number of nitrogens with one attached hydrogen (secondary N) is 2. The summed E-state index contributed by atoms with van der Waals surface area (Å²) >= 11 is 1.28. The van der Waals surface area contributed by atoms with Crippen molar-refractivity contribution >= 4 is 43.5 Å². The lowest BCUT2D eigenvalue weighted by Crippen LogP contribution is -2.11. The van der Waals surface area contributed by atoms with Crippen molar-refractivity contribution in [3.63, 3.8) is 0 Å². The molecule has 0 aliphatic heterocycles. The van der Waals surface area contributed by atoms with Crippen LogP contribution < -0.4 is 5.32 Å². The van der Waals surface area contributed by atoms with Gasteiger partial charge in [-0.25, -0.2) is 9.37 Å². The van der Waals surface area contributed by atoms with Crippen molar-refractivity contribution in [1.29, 1.82) is 0 Å². The zero-order chi connectivity index (χ0) is 16.5. The molecule has 0 bridgehead atoms. The minimum absolute atomic E-state index is 0.0974. The summed E-state index contributed by atoms with van der Waals surface area (Å²) in [6.07, 6.45) is 2.96. The van der Waals surface area contributed by atoms with Gasteiger partial charge in [0.1, 0.15) is 5.82 Å². The molecule has 4 aromatic rings. The number of aromatic nitrogens is 2. The summed E-state index contributed by atoms with van der Waals surface area (Å²) in [5.74, 6) is -0.400. The van der Waals surface area contributed by atoms with Crippen LogP contribution >= 0.6 is 11.3 Å². The Morgan fingerprint density at radius 3 is 3.04 bits per heavy atom. The van der Waals surface area contributed by atoms with Crippen LogP contribution in [0.4, 0.5) is 9.52 Å². The number of nitrogens with zero attached hydrogens (tertiary/aromatic N) is 1. The van der Waals surface area contributed by atoms with Crippen molar-refractivity contribution in [3.05, 3.63) is 60.0 Å². The van der Waals surface area contributed by atoms with Gasteiger partial charge in [0, 0.05) is 23.5 Å². The Labute approximate surface area is 141 Å². The minimum Gasteiger partial charge on any atom is -0.361 e. The van der Waals surface area contributed by atoms with Crippen LogP contribution in [0.25, 0.3) is 21.1 Å². The van der Waals surface area contributed by atoms with E-state index in [1.54, 1.807) is 6.07 Å². The van der Waals surface area contributed by atoms with Crippen LogP contribution in [-0.2, 0) is 11.2 Å². The van der Waals surface area contributed by atoms with Crippen LogP contribution in [0.1, 0.15) is 12.0 Å². The molecule has 0 saturated carbocycles. The fraction of sp³-hybridized carbons (Fsp3) is 0.111. The van der Waals surface area contributed by atoms with E-state index in [2.05, 4.69) is 15.3 Å². The predicted octanol–water partition coefficient (Wildman–Crippen LogP) is 4.49. The second kappa shape index (κ2) is 6.05. The number of anilines is 1. The lowest BCUT2D eigenvalue weighted by atomic mass is 10.1. The summed E-state index contributed by atoms with van der Waals surface area (Å²) in [7, 11) is 0. The Hall–Kier alpha value is -2.73. The van der Waals surface area contributed by atoms with Gasteiger partial charge in [-0.15, -0.1) is 0 Å². The smallest absolute Gasteiger partial charge is 0.226 e. The SMILES string of the molecule is O=C(CCc1c[nH]c2ccccc12)Nc1nc2ccc(F)cc2s1. The maximum absolute atomic E-state index is 13.2. The summed E-state index contributed by atoms with van der Waals surface area (Å²) in [5.41, 5.74) is 2.88. The maximum Gasteiger partial charge on any atom is 0.226 e. The Balaban J connectivity index is 1.44. The second-order valence-corrected chi connectivity index (χ2v) is 6.57. The standard InChI is InChI=1S/C18H14FN3OS/c19-12-6-7-15-16(9-12)24-18(21-15)22-17(23)8-5-11-10-20-14-4-2-1-3-13(11)14/h1-4,6-7,9-10,20H,5,8H2,(H,21,22,23). The van der Waals surface area contributed by atoms with E-state index in [0.717, 1.165) is 21.2 Å². The van der Waals surface area contributed by atoms with E-state index in [-0.39, 0.29) is 11.7 Å². The van der Waals surface area contributed by atoms with Gasteiger partial charge in [-0.3, -0.25) is 4.79 Å². The fourth-order valence-electron chi connectivity index (χ4n) is 2.72. The Kier molecular flexibility index (Phi) is 3.74. The number of hydrogen-bond donors (Lipinski definition) is 2. The highest BCUT2D eigenvalue weighted by molar-refractivity contribution is 7.22. The molecule has 0 atom stereocenters. The predicted molar refractivity (Wildman–Crippen MR) is 94.8 cm³/mol. The molecule has 2 N–H and O–H groups in total. The molecule has 4 nitrogen and oxygen atoms in total. The molecule has 2 aromatic heterocycles. The molecule has 0 radical (unpaired) electrons. The van der Waals surface area contributed by atoms with Gasteiger partial charge in [-0.2, -0.15) is 0 Å². The fourth-order valence-corrected chi connectivity index (χ4v) is 3.63. The van der Waals surface area contributed by atoms with Gasteiger partial charge in [0.2, 0.25) is 5.91 Å². The minimum atomic E-state index is -0.302. The first-order chi connectivity index (χ1) is 11.7. The first kappa shape index (κ1) is 14.8. The van der Waals surface area contributed by atoms with Crippen LogP contribution in [0, 0.1) is 5.82 Å². The van der Waals surface area contributed by atoms with E-state index in [4.69, 9.17) is 0 Å². The summed E-state index contributed by atoms with van der Waals surface area (Å²) < 4.78 is 13.9. The van der Waals surface area contributed by atoms with Crippen molar-refractivity contribution in [2.45, 2.75) is 12.8 Å². The molecule has 2 heterocycles. The van der Waals surface area contributed by atoms with Gasteiger partial charge in [0.05, 0.1) is 10.2 Å². The third-order valence-electron chi connectivity index (χ3n) is 3.89. The number of fused-ring (bicyclic) bond motifs is 2. The summed E-state index contributed by atoms with van der Waals surface area (Å²) in [6.45, 7) is 0. The molecule has 4 rings (SSSR count). The number of benzene rings is 2. The number of aryl methyl sites for hydroxylation is 1. The van der Waals surface area contributed by atoms with Crippen molar-refractivity contribution in [1.82, 2.24) is 9.97 Å². The van der Waals surface area contributed by atoms with Gasteiger partial charge in [0.15, 0.2) is 5.13 Å². The Bertz CT molecular complexity index is 1040. The number of halogens is 1. The third-order valence-corrected chi connectivity index (χ3v) is 4.83. The first-order valence-corrected chi connectivity index (χ1v) is 8.41. The lowest BCUT2D eigenvalue weighted by Gasteiger charge is -2.01. The average Bonchev–Trinajstić information content (AvgIpc) is 3.16. The number of rotatable bonds is 4. The summed E-state index contributed by atoms with van der Waals surface area (Å²) in [5, 5.41) is 4.44. The Morgan fingerprint density at radius 2 is 2.12 bits per heavy atom. The number of amides is 1. The molecule has 0 spiro atoms. The van der Waals surface area contributed by atoms with Crippen molar-refractivity contribution in [2.24, 2.45) is 0 Å². The van der Waals surface area contributed by atoms with E-state index in [0.29, 0.717) is 23.5 Å². The van der Waals surface area contributed by atoms with Crippen LogP contribution in [0.15, 0.2) is 48.7 Å². The highest BCUT2D eigenvalue weighted by Gasteiger charge is 2.10. The normalized spacial score (nSPS) is 11.2. The topological polar surface area (TPSA) is 57.8 Å². The van der Waals surface area contributed by atoms with E-state index < -0.39 is 0 Å². The molecule has 24 heavy (non-hydrogen) atoms. The average molecular weight is 339 g/mol. The molecule has 0 unspecified atom stereocenters. The number of hydrogen-bond acceptors (Lipinski definition) is 3. The molecule has 0 aliphatic rings. The van der Waals surface area contributed by atoms with E-state index in [1.165, 1.54) is 23.5 Å². The van der Waals surface area contributed by atoms with Gasteiger partial charge >= 0.3 is 0 Å². The molecule has 0 aliphatic carbocycles. The molecule has 120 valence electrons. The van der Waals surface area contributed by atoms with Gasteiger partial charge in [0.25, 0.3) is 0 Å². The van der Waals surface area contributed by atoms with Crippen LogP contribution in [0.2, 0.25) is 0 Å². The summed E-state index contributed by atoms with van der Waals surface area (Å²) in [4.78, 5) is 19.7. The molecular formula is C18H14FN3OS. The maximum atomic E-state index is 13.2. The number of H-pyrrole nitrogens is 1. The third kappa shape index (κ3) is 2.88. The lowest BCUT2D eigenvalue weighted by molar-refractivity contribution is -0.116. The van der Waals surface area contributed by atoms with Gasteiger partial charge in [-0.1, -0.05) is 29.5 Å². The number of thiazole rings is 1. The van der Waals surface area contributed by atoms with Crippen molar-refractivity contribution in [2.75, 3.05) is 5.32 Å². The molecule has 2 aromatic carbocycles. The van der Waals surface area contributed by atoms with E-state index >= 15 is 0 Å². The number of para-hydroxylation sites is 1. The largest absolute Gasteiger partial charge is 0.361 e. The van der Waals surface area contributed by atoms with Crippen LogP contribution in [-0.4, -0.2) is 15.9 Å². The number of carbonyl (C=O) groups excluding carboxylic acids is 1. The zero-order valence-corrected chi connectivity index (χ0v) is 13.5. The molecule has 1 amide bonds. The van der Waals surface area contributed by atoms with Crippen LogP contribution in [0.3, 0.4) is 0 Å². The second-order valence-electron chi connectivity index (χ2n) is 5.54. The number of aromatic amines is 1. The molecule has 6 heteroatoms. The molecule has 0 saturated heterocycles. The first-order valence-electron chi connectivity index (χ1n) is 7.60. The van der Waals surface area contributed by atoms with Crippen LogP contribution in [0.5, 0.6) is 0 Å². The monoisotopic (exact) mass is 339 g/mol. The Morgan fingerprint density at radius 1 is 1.25 bits per heavy atom. The highest BCUT2D eigenvalue weighted by Crippen LogP contribution is 2.26. The quantitative estimate of drug-likeness (QED) is 0.575.